The molecule has 2 aliphatic rings. The van der Waals surface area contributed by atoms with Gasteiger partial charge in [-0.05, 0) is 20.3 Å². The van der Waals surface area contributed by atoms with Crippen molar-refractivity contribution in [2.24, 2.45) is 11.8 Å². The van der Waals surface area contributed by atoms with E-state index in [1.165, 1.54) is 19.9 Å². The summed E-state index contributed by atoms with van der Waals surface area (Å²) < 4.78 is 37.7. The molecule has 0 amide bonds. The molecule has 0 aromatic heterocycles. The molecule has 11 heteroatoms. The van der Waals surface area contributed by atoms with Crippen LogP contribution in [0, 0.1) is 11.8 Å². The molecule has 2 heterocycles. The first kappa shape index (κ1) is 35.4. The van der Waals surface area contributed by atoms with Gasteiger partial charge in [0.15, 0.2) is 11.2 Å². The summed E-state index contributed by atoms with van der Waals surface area (Å²) in [7, 11) is 0. The van der Waals surface area contributed by atoms with Crippen LogP contribution in [0.25, 0.3) is 0 Å². The van der Waals surface area contributed by atoms with Crippen LogP contribution >= 0.6 is 86.1 Å². The molecule has 0 bridgehead atoms. The van der Waals surface area contributed by atoms with Gasteiger partial charge in [0.25, 0.3) is 0 Å². The zero-order valence-electron chi connectivity index (χ0n) is 17.2. The molecule has 0 radical (unpaired) electrons. The topological polar surface area (TPSA) is 35.5 Å². The third-order valence-corrected chi connectivity index (χ3v) is 5.31. The first-order valence-electron chi connectivity index (χ1n) is 8.86. The molecule has 182 valence electrons. The van der Waals surface area contributed by atoms with Crippen LogP contribution in [0.15, 0.2) is 50.6 Å². The fraction of sp³-hybridized carbons (Fsp3) is 0.550. The molecule has 2 fully saturated rings. The van der Waals surface area contributed by atoms with E-state index in [1.54, 1.807) is 18.2 Å². The molecule has 2 saturated heterocycles. The molecule has 0 aliphatic carbocycles. The second kappa shape index (κ2) is 18.5. The zero-order valence-corrected chi connectivity index (χ0v) is 28.7. The van der Waals surface area contributed by atoms with Gasteiger partial charge in [0, 0.05) is 49.6 Å². The fourth-order valence-electron chi connectivity index (χ4n) is 3.18. The Morgan fingerprint density at radius 3 is 1.84 bits per heavy atom. The van der Waals surface area contributed by atoms with Gasteiger partial charge in [0.1, 0.15) is 6.10 Å². The summed E-state index contributed by atoms with van der Waals surface area (Å²) in [5.74, 6) is -1.73. The van der Waals surface area contributed by atoms with Crippen LogP contribution in [0.2, 0.25) is 0 Å². The van der Waals surface area contributed by atoms with Crippen molar-refractivity contribution in [2.45, 2.75) is 55.8 Å². The number of hydrogen-bond acceptors (Lipinski definition) is 3. The van der Waals surface area contributed by atoms with Crippen LogP contribution in [-0.2, 0) is 14.3 Å². The second-order valence-corrected chi connectivity index (χ2v) is 23.4. The number of rotatable bonds is 6. The van der Waals surface area contributed by atoms with E-state index in [0.717, 1.165) is 0 Å². The third-order valence-electron chi connectivity index (χ3n) is 4.78. The van der Waals surface area contributed by atoms with Gasteiger partial charge >= 0.3 is 56.5 Å². The molecular weight excluding hydrogens is 996 g/mol. The predicted octanol–water partition coefficient (Wildman–Crippen LogP) is 5.62. The van der Waals surface area contributed by atoms with Gasteiger partial charge < -0.3 is 9.47 Å². The summed E-state index contributed by atoms with van der Waals surface area (Å²) in [5, 5.41) is 0. The third kappa shape index (κ3) is 10.8. The predicted molar refractivity (Wildman–Crippen MR) is 157 cm³/mol. The van der Waals surface area contributed by atoms with Gasteiger partial charge in [-0.15, -0.1) is 26.3 Å². The summed E-state index contributed by atoms with van der Waals surface area (Å²) in [6, 6.07) is 0. The van der Waals surface area contributed by atoms with Crippen molar-refractivity contribution < 1.29 is 36.3 Å². The normalized spacial score (nSPS) is 35.8. The van der Waals surface area contributed by atoms with E-state index in [9.17, 15) is 13.6 Å². The maximum atomic E-state index is 13.9. The number of ether oxygens (including phenoxy) is 2. The van der Waals surface area contributed by atoms with Crippen molar-refractivity contribution in [3.63, 3.8) is 0 Å². The summed E-state index contributed by atoms with van der Waals surface area (Å²) >= 11 is 15.3. The second-order valence-electron chi connectivity index (χ2n) is 6.79. The average molecular weight is 1020 g/mol. The van der Waals surface area contributed by atoms with E-state index in [2.05, 4.69) is 101 Å². The van der Waals surface area contributed by atoms with Gasteiger partial charge in [-0.25, -0.2) is 13.6 Å². The molecule has 0 aromatic rings. The maximum absolute atomic E-state index is 13.9. The van der Waals surface area contributed by atoms with Crippen LogP contribution in [0.4, 0.5) is 8.78 Å². The Balaban J connectivity index is 0. The molecule has 0 spiro atoms. The number of hydrogen-bond donors (Lipinski definition) is 0. The van der Waals surface area contributed by atoms with Crippen molar-refractivity contribution in [1.82, 2.24) is 0 Å². The standard InChI is InChI=1S/C10H14ClFO.C10H13FO2.I3.I2/c1-4-6-8-7(5-2)10(3,12)9(11)13-8;1-4-6-8-7(5-2)10(3,11)9(12)13-8;1-3-2;1-2/h4-5,7-9H,1-2,6H2,3H3;4-5,7-8H,1-2,6H2,3H3;;/q;;-1;/t7-,8-,9?,10-;7-,8-,10-;;/m11../s1. The van der Waals surface area contributed by atoms with Crippen LogP contribution < -0.4 is 13.3 Å². The molecule has 0 aromatic carbocycles. The minimum atomic E-state index is -1.94. The Kier molecular flexibility index (Phi) is 21.0. The first-order valence-corrected chi connectivity index (χ1v) is 28.1. The summed E-state index contributed by atoms with van der Waals surface area (Å²) in [6.45, 7) is 16.9. The number of cyclic esters (lactones) is 1. The number of alkyl halides is 3. The Hall–Kier alpha value is 2.19. The Bertz CT molecular complexity index is 593. The molecule has 0 N–H and O–H groups in total. The molecule has 0 saturated carbocycles. The van der Waals surface area contributed by atoms with Crippen LogP contribution in [-0.4, -0.2) is 35.1 Å². The molecule has 31 heavy (non-hydrogen) atoms. The van der Waals surface area contributed by atoms with Crippen molar-refractivity contribution in [3.8, 4) is 0 Å². The molecule has 7 atom stereocenters. The molecule has 2 rings (SSSR count). The number of carbonyl (C=O) groups is 1. The van der Waals surface area contributed by atoms with E-state index < -0.39 is 34.9 Å². The quantitative estimate of drug-likeness (QED) is 0.150. The van der Waals surface area contributed by atoms with Crippen molar-refractivity contribution in [3.05, 3.63) is 50.6 Å². The van der Waals surface area contributed by atoms with Gasteiger partial charge in [-0.2, -0.15) is 0 Å². The SMILES string of the molecule is C=CC[C@H]1OC(=O)[C@](C)(F)[C@@H]1C=C.C=CC[C@H]1OC(Cl)[C@](C)(F)[C@@H]1C=C.II.I[I-]I. The zero-order chi connectivity index (χ0) is 24.8. The average Bonchev–Trinajstić information content (AvgIpc) is 3.06. The van der Waals surface area contributed by atoms with Crippen molar-refractivity contribution in [2.75, 3.05) is 0 Å². The Labute approximate surface area is 242 Å². The number of esters is 1. The minimum absolute atomic E-state index is 0.229. The van der Waals surface area contributed by atoms with E-state index in [0.29, 0.717) is 26.1 Å². The van der Waals surface area contributed by atoms with Gasteiger partial charge in [-0.1, -0.05) is 35.9 Å². The Morgan fingerprint density at radius 1 is 1.03 bits per heavy atom. The fourth-order valence-corrected chi connectivity index (χ4v) is 3.46. The molecule has 3 nitrogen and oxygen atoms in total. The van der Waals surface area contributed by atoms with E-state index >= 15 is 0 Å². The number of halogens is 8. The Morgan fingerprint density at radius 2 is 1.45 bits per heavy atom. The first-order chi connectivity index (χ1) is 14.5. The van der Waals surface area contributed by atoms with Crippen molar-refractivity contribution >= 4 is 92.0 Å². The molecular formula is C20H27ClF2I5O3-. The van der Waals surface area contributed by atoms with E-state index in [1.807, 2.05) is 0 Å². The van der Waals surface area contributed by atoms with Crippen LogP contribution in [0.1, 0.15) is 26.7 Å². The van der Waals surface area contributed by atoms with E-state index in [-0.39, 0.29) is 12.0 Å². The van der Waals surface area contributed by atoms with Gasteiger partial charge in [0.05, 0.1) is 12.0 Å². The summed E-state index contributed by atoms with van der Waals surface area (Å²) in [4.78, 5) is 11.1. The molecule has 1 unspecified atom stereocenters. The van der Waals surface area contributed by atoms with Crippen LogP contribution in [0.5, 0.6) is 0 Å². The summed E-state index contributed by atoms with van der Waals surface area (Å²) in [6.07, 6.45) is 6.68. The van der Waals surface area contributed by atoms with E-state index in [4.69, 9.17) is 21.1 Å². The van der Waals surface area contributed by atoms with Gasteiger partial charge in [-0.3, -0.25) is 0 Å². The van der Waals surface area contributed by atoms with Crippen molar-refractivity contribution in [1.29, 1.82) is 0 Å². The monoisotopic (exact) mass is 1020 g/mol. The van der Waals surface area contributed by atoms with Gasteiger partial charge in [0.2, 0.25) is 5.67 Å². The van der Waals surface area contributed by atoms with Crippen LogP contribution in [0.3, 0.4) is 0 Å². The molecule has 2 aliphatic heterocycles. The number of carbonyl (C=O) groups excluding carboxylic acids is 1. The summed E-state index contributed by atoms with van der Waals surface area (Å²) in [5.41, 5.74) is -4.35.